The summed E-state index contributed by atoms with van der Waals surface area (Å²) in [4.78, 5) is 16.0. The van der Waals surface area contributed by atoms with Crippen molar-refractivity contribution >= 4 is 22.7 Å². The second-order valence-corrected chi connectivity index (χ2v) is 11.4. The largest absolute Gasteiger partial charge is 0.465 e. The molecule has 9 nitrogen and oxygen atoms in total. The van der Waals surface area contributed by atoms with E-state index < -0.39 is 39.8 Å². The number of aromatic nitrogens is 3. The van der Waals surface area contributed by atoms with Crippen LogP contribution >= 0.6 is 0 Å². The highest BCUT2D eigenvalue weighted by molar-refractivity contribution is 7.84. The second kappa shape index (κ2) is 9.98. The molecule has 2 heterocycles. The van der Waals surface area contributed by atoms with Gasteiger partial charge < -0.3 is 15.2 Å². The van der Waals surface area contributed by atoms with E-state index in [1.807, 2.05) is 20.8 Å². The van der Waals surface area contributed by atoms with Gasteiger partial charge in [0, 0.05) is 20.0 Å². The van der Waals surface area contributed by atoms with Crippen LogP contribution in [0.15, 0.2) is 18.5 Å². The number of hydrogen-bond acceptors (Lipinski definition) is 5. The van der Waals surface area contributed by atoms with Gasteiger partial charge in [0.2, 0.25) is 5.92 Å². The number of nitrogens with one attached hydrogen (secondary N) is 2. The second-order valence-electron chi connectivity index (χ2n) is 9.38. The fourth-order valence-electron chi connectivity index (χ4n) is 3.88. The van der Waals surface area contributed by atoms with Crippen molar-refractivity contribution in [1.29, 1.82) is 0 Å². The molecule has 3 atom stereocenters. The highest BCUT2D eigenvalue weighted by Crippen LogP contribution is 2.41. The highest BCUT2D eigenvalue weighted by atomic mass is 32.2. The van der Waals surface area contributed by atoms with Gasteiger partial charge in [0.1, 0.15) is 0 Å². The zero-order valence-corrected chi connectivity index (χ0v) is 20.0. The molecule has 1 amide bonds. The van der Waals surface area contributed by atoms with Gasteiger partial charge in [-0.2, -0.15) is 5.10 Å². The Morgan fingerprint density at radius 3 is 2.64 bits per heavy atom. The molecule has 0 radical (unpaired) electrons. The molecule has 12 heteroatoms. The first kappa shape index (κ1) is 25.4. The number of rotatable bonds is 8. The monoisotopic (exact) mass is 487 g/mol. The van der Waals surface area contributed by atoms with Crippen molar-refractivity contribution in [2.24, 2.45) is 5.92 Å². The van der Waals surface area contributed by atoms with Crippen LogP contribution in [0, 0.1) is 5.92 Å². The molecular formula is C21H31F2N5O4S. The number of ether oxygens (including phenoxy) is 1. The summed E-state index contributed by atoms with van der Waals surface area (Å²) in [6.45, 7) is 5.84. The molecule has 0 saturated heterocycles. The third-order valence-electron chi connectivity index (χ3n) is 5.73. The van der Waals surface area contributed by atoms with Crippen molar-refractivity contribution in [3.8, 4) is 0 Å². The number of imidazole rings is 1. The summed E-state index contributed by atoms with van der Waals surface area (Å²) in [5.41, 5.74) is 1.59. The lowest BCUT2D eigenvalue weighted by Crippen LogP contribution is -2.37. The molecule has 33 heavy (non-hydrogen) atoms. The maximum Gasteiger partial charge on any atom is 0.405 e. The summed E-state index contributed by atoms with van der Waals surface area (Å²) >= 11 is 0. The molecule has 3 N–H and O–H groups in total. The maximum absolute atomic E-state index is 13.6. The molecule has 2 aromatic heterocycles. The van der Waals surface area contributed by atoms with Crippen LogP contribution in [0.4, 0.5) is 13.6 Å². The minimum Gasteiger partial charge on any atom is -0.465 e. The van der Waals surface area contributed by atoms with Gasteiger partial charge in [0.15, 0.2) is 5.65 Å². The van der Waals surface area contributed by atoms with E-state index in [4.69, 9.17) is 4.74 Å². The maximum atomic E-state index is 13.6. The first-order chi connectivity index (χ1) is 15.4. The number of alkyl halides is 2. The van der Waals surface area contributed by atoms with Gasteiger partial charge in [-0.1, -0.05) is 0 Å². The quantitative estimate of drug-likeness (QED) is 0.524. The van der Waals surface area contributed by atoms with Crippen molar-refractivity contribution in [2.75, 3.05) is 13.7 Å². The van der Waals surface area contributed by atoms with Crippen LogP contribution in [0.25, 0.3) is 5.65 Å². The van der Waals surface area contributed by atoms with Gasteiger partial charge in [-0.05, 0) is 51.2 Å². The Morgan fingerprint density at radius 1 is 1.39 bits per heavy atom. The van der Waals surface area contributed by atoms with Crippen molar-refractivity contribution < 1.29 is 27.6 Å². The average molecular weight is 488 g/mol. The lowest BCUT2D eigenvalue weighted by Gasteiger charge is -2.32. The van der Waals surface area contributed by atoms with Gasteiger partial charge >= 0.3 is 6.09 Å². The molecule has 0 aliphatic heterocycles. The SMILES string of the molecule is COC[C@H](N[S@](=O)C(C)(C)C)c1cnn2cc([C@@H](NC(=O)O)C3CCC(F)(F)CC3)nc2c1. The Bertz CT molecular complexity index is 1000. The fourth-order valence-corrected chi connectivity index (χ4v) is 4.70. The van der Waals surface area contributed by atoms with Crippen LogP contribution in [0.2, 0.25) is 0 Å². The summed E-state index contributed by atoms with van der Waals surface area (Å²) < 4.78 is 49.2. The lowest BCUT2D eigenvalue weighted by molar-refractivity contribution is -0.0495. The van der Waals surface area contributed by atoms with Gasteiger partial charge in [0.25, 0.3) is 0 Å². The van der Waals surface area contributed by atoms with Crippen LogP contribution in [0.5, 0.6) is 0 Å². The summed E-state index contributed by atoms with van der Waals surface area (Å²) in [7, 11) is 0.202. The number of methoxy groups -OCH3 is 1. The van der Waals surface area contributed by atoms with Crippen molar-refractivity contribution in [3.63, 3.8) is 0 Å². The first-order valence-corrected chi connectivity index (χ1v) is 11.9. The van der Waals surface area contributed by atoms with E-state index in [-0.39, 0.29) is 38.2 Å². The Kier molecular flexibility index (Phi) is 7.69. The molecule has 1 saturated carbocycles. The Morgan fingerprint density at radius 2 is 2.06 bits per heavy atom. The zero-order valence-electron chi connectivity index (χ0n) is 19.2. The minimum atomic E-state index is -2.71. The van der Waals surface area contributed by atoms with Crippen LogP contribution in [-0.2, 0) is 15.7 Å². The Hall–Kier alpha value is -2.18. The molecule has 0 unspecified atom stereocenters. The molecule has 184 valence electrons. The normalized spacial score (nSPS) is 19.8. The van der Waals surface area contributed by atoms with Crippen molar-refractivity contribution in [2.45, 2.75) is 69.2 Å². The summed E-state index contributed by atoms with van der Waals surface area (Å²) in [5, 5.41) is 16.1. The van der Waals surface area contributed by atoms with E-state index >= 15 is 0 Å². The molecule has 1 aliphatic rings. The van der Waals surface area contributed by atoms with Crippen LogP contribution in [0.3, 0.4) is 0 Å². The predicted molar refractivity (Wildman–Crippen MR) is 119 cm³/mol. The van der Waals surface area contributed by atoms with Crippen LogP contribution < -0.4 is 10.0 Å². The average Bonchev–Trinajstić information content (AvgIpc) is 3.14. The first-order valence-electron chi connectivity index (χ1n) is 10.8. The number of fused-ring (bicyclic) bond motifs is 1. The molecule has 0 bridgehead atoms. The van der Waals surface area contributed by atoms with E-state index in [9.17, 15) is 22.9 Å². The topological polar surface area (TPSA) is 118 Å². The molecule has 2 aromatic rings. The molecular weight excluding hydrogens is 456 g/mol. The smallest absolute Gasteiger partial charge is 0.405 e. The summed E-state index contributed by atoms with van der Waals surface area (Å²) in [6.07, 6.45) is 1.82. The highest BCUT2D eigenvalue weighted by Gasteiger charge is 2.39. The van der Waals surface area contributed by atoms with Crippen LogP contribution in [-0.4, -0.2) is 54.4 Å². The van der Waals surface area contributed by atoms with E-state index in [1.165, 1.54) is 4.52 Å². The third-order valence-corrected chi connectivity index (χ3v) is 7.34. The van der Waals surface area contributed by atoms with Gasteiger partial charge in [-0.3, -0.25) is 0 Å². The van der Waals surface area contributed by atoms with E-state index in [2.05, 4.69) is 20.1 Å². The molecule has 1 fully saturated rings. The number of carbonyl (C=O) groups is 1. The third kappa shape index (κ3) is 6.45. The predicted octanol–water partition coefficient (Wildman–Crippen LogP) is 3.60. The minimum absolute atomic E-state index is 0.197. The zero-order chi connectivity index (χ0) is 24.4. The Labute approximate surface area is 193 Å². The van der Waals surface area contributed by atoms with E-state index in [1.54, 1.807) is 25.6 Å². The standard InChI is InChI=1S/C21H31F2N5O4S/c1-20(2,3)33(31)27-16(12-32-4)14-9-17-25-15(11-28(17)24-10-14)18(26-19(29)30)13-5-7-21(22,23)8-6-13/h9-11,13,16,18,26-27H,5-8,12H2,1-4H3,(H,29,30)/t16-,18-,33+/m0/s1. The molecule has 0 aromatic carbocycles. The van der Waals surface area contributed by atoms with Gasteiger partial charge in [-0.25, -0.2) is 32.0 Å². The Balaban J connectivity index is 1.88. The van der Waals surface area contributed by atoms with Crippen molar-refractivity contribution in [3.05, 3.63) is 29.7 Å². The fraction of sp³-hybridized carbons (Fsp3) is 0.667. The van der Waals surface area contributed by atoms with Crippen molar-refractivity contribution in [1.82, 2.24) is 24.6 Å². The van der Waals surface area contributed by atoms with Gasteiger partial charge in [0.05, 0.1) is 52.5 Å². The number of nitrogens with zero attached hydrogens (tertiary/aromatic N) is 3. The summed E-state index contributed by atoms with van der Waals surface area (Å²) in [6, 6.07) is 0.645. The van der Waals surface area contributed by atoms with E-state index in [0.717, 1.165) is 0 Å². The number of carboxylic acid groups (broad SMARTS) is 1. The van der Waals surface area contributed by atoms with E-state index in [0.29, 0.717) is 16.9 Å². The molecule has 3 rings (SSSR count). The number of halogens is 2. The number of amides is 1. The van der Waals surface area contributed by atoms with Crippen LogP contribution in [0.1, 0.15) is 69.8 Å². The number of hydrogen-bond donors (Lipinski definition) is 3. The molecule has 0 spiro atoms. The lowest BCUT2D eigenvalue weighted by atomic mass is 9.81. The molecule has 1 aliphatic carbocycles. The summed E-state index contributed by atoms with van der Waals surface area (Å²) in [5.74, 6) is -3.00. The van der Waals surface area contributed by atoms with Gasteiger partial charge in [-0.15, -0.1) is 0 Å².